The third-order valence-electron chi connectivity index (χ3n) is 17.1. The standard InChI is InChI=1S/C55H85N15O23P4S2/c1-3-4-5-6-7-8-9-10-11-12-13-14-15-16-17-18-36(72)82-23-24-99-96(78,79)93-45-44-54(70-33-67-39-48(58)61-30-64-51(39)70)90-55(45,19-21-83-44)27-87-97(80,98)92-42-40(73)34(88-52(42)68-31-65-37-46(56)59-28-62-49(37)68)25-86-95(76,77)91-43-41(81-2)35(26-85-94(74,75)84-22-20-71)89-53(43)69-32-66-38-47(57)60-29-63-50(38)69/h28-35,40-45,52-54,71,73H,3-27H2,1-2H3,(H,74,75)(H,76,77)(H,78,79)(H,80,98)(H2,56,59,62)(H2,57,60,63)(H2,58,61,64)/t34-,35-,40?,41?,42+,43+,44+,45?,52-,53-,54-,55-,97?/m1/s1. The molecule has 0 amide bonds. The third-order valence-corrected chi connectivity index (χ3v) is 23.6. The number of carbonyl (C=O) groups is 1. The van der Waals surface area contributed by atoms with Gasteiger partial charge in [-0.3, -0.25) is 45.6 Å². The highest BCUT2D eigenvalue weighted by atomic mass is 32.7. The van der Waals surface area contributed by atoms with Crippen molar-refractivity contribution in [1.29, 1.82) is 0 Å². The van der Waals surface area contributed by atoms with E-state index in [1.54, 1.807) is 0 Å². The maximum atomic E-state index is 14.3. The fourth-order valence-electron chi connectivity index (χ4n) is 12.2. The van der Waals surface area contributed by atoms with Gasteiger partial charge in [0.1, 0.15) is 96.6 Å². The van der Waals surface area contributed by atoms with Gasteiger partial charge in [0, 0.05) is 25.7 Å². The van der Waals surface area contributed by atoms with Crippen LogP contribution in [-0.2, 0) is 90.4 Å². The number of hydrogen-bond acceptors (Lipinski definition) is 33. The van der Waals surface area contributed by atoms with Crippen LogP contribution in [0.15, 0.2) is 38.0 Å². The Balaban J connectivity index is 0.801. The zero-order chi connectivity index (χ0) is 70.5. The molecular weight excluding hydrogens is 1430 g/mol. The van der Waals surface area contributed by atoms with E-state index in [4.69, 9.17) is 94.2 Å². The van der Waals surface area contributed by atoms with Crippen LogP contribution in [0.3, 0.4) is 0 Å². The highest BCUT2D eigenvalue weighted by Crippen LogP contribution is 2.62. The third kappa shape index (κ3) is 19.5. The summed E-state index contributed by atoms with van der Waals surface area (Å²) in [4.78, 5) is 95.9. The zero-order valence-electron chi connectivity index (χ0n) is 54.3. The highest BCUT2D eigenvalue weighted by Gasteiger charge is 2.63. The van der Waals surface area contributed by atoms with Gasteiger partial charge in [0.05, 0.1) is 58.6 Å². The van der Waals surface area contributed by atoms with Crippen LogP contribution in [0.1, 0.15) is 135 Å². The maximum Gasteiger partial charge on any atom is 0.472 e. The summed E-state index contributed by atoms with van der Waals surface area (Å²) in [7, 11) is -9.04. The molecule has 4 fully saturated rings. The van der Waals surface area contributed by atoms with E-state index in [0.717, 1.165) is 31.9 Å². The number of ether oxygens (including phenoxy) is 6. The Morgan fingerprint density at radius 3 is 1.69 bits per heavy atom. The van der Waals surface area contributed by atoms with Crippen molar-refractivity contribution in [1.82, 2.24) is 58.6 Å². The molecule has 2 bridgehead atoms. The molecule has 0 radical (unpaired) electrons. The molecule has 0 spiro atoms. The second-order valence-corrected chi connectivity index (χ2v) is 33.6. The van der Waals surface area contributed by atoms with Crippen molar-refractivity contribution in [3.05, 3.63) is 38.0 Å². The van der Waals surface area contributed by atoms with Gasteiger partial charge in [-0.15, -0.1) is 0 Å². The van der Waals surface area contributed by atoms with E-state index in [0.29, 0.717) is 17.8 Å². The molecule has 4 aliphatic rings. The minimum Gasteiger partial charge on any atom is -0.465 e. The van der Waals surface area contributed by atoms with Gasteiger partial charge in [-0.2, -0.15) is 0 Å². The molecule has 6 aromatic rings. The normalized spacial score (nSPS) is 27.2. The molecule has 38 nitrogen and oxygen atoms in total. The number of nitrogens with two attached hydrogens (primary N) is 3. The number of hydrogen-bond donors (Lipinski definition) is 9. The Hall–Kier alpha value is -4.51. The van der Waals surface area contributed by atoms with Crippen LogP contribution in [0.2, 0.25) is 0 Å². The molecule has 6 aromatic heterocycles. The Bertz CT molecular complexity index is 3850. The van der Waals surface area contributed by atoms with E-state index >= 15 is 0 Å². The number of nitrogen functional groups attached to an aromatic ring is 3. The Morgan fingerprint density at radius 2 is 1.14 bits per heavy atom. The van der Waals surface area contributed by atoms with E-state index in [-0.39, 0.29) is 82.8 Å². The molecule has 0 aliphatic carbocycles. The Morgan fingerprint density at radius 1 is 0.636 bits per heavy atom. The fourth-order valence-corrected chi connectivity index (χ4v) is 17.7. The SMILES string of the molecule is CCCCCCCCCCCCCCCCCC(=O)OCCSP(=O)(O)OC1[C@@H]2OCC[C@]1(COP(O)(=S)O[C@H]1C(O)[C@@H](COP(=O)(O)O[C@H]3C(OC)[C@@H](COP(=O)(O)OCCO)O[C@H]3n3cnc4c(N)ncnc43)O[C@H]1n1cnc3c(N)ncnc31)O[C@H]2n1cnc2c(N)ncnc21. The summed E-state index contributed by atoms with van der Waals surface area (Å²) in [5, 5.41) is 21.3. The van der Waals surface area contributed by atoms with Gasteiger partial charge in [-0.05, 0) is 29.6 Å². The summed E-state index contributed by atoms with van der Waals surface area (Å²) < 4.78 is 121. The molecule has 0 aromatic carbocycles. The van der Waals surface area contributed by atoms with E-state index < -0.39 is 141 Å². The van der Waals surface area contributed by atoms with Crippen molar-refractivity contribution in [3.63, 3.8) is 0 Å². The summed E-state index contributed by atoms with van der Waals surface area (Å²) in [6.07, 6.45) is 8.34. The summed E-state index contributed by atoms with van der Waals surface area (Å²) in [5.74, 6) is -0.627. The van der Waals surface area contributed by atoms with Crippen LogP contribution in [0.4, 0.5) is 17.5 Å². The lowest BCUT2D eigenvalue weighted by atomic mass is 9.90. The lowest BCUT2D eigenvalue weighted by molar-refractivity contribution is -0.143. The molecule has 0 saturated carbocycles. The van der Waals surface area contributed by atoms with Gasteiger partial charge in [-0.1, -0.05) is 96.8 Å². The van der Waals surface area contributed by atoms with Gasteiger partial charge in [0.2, 0.25) is 0 Å². The molecule has 10 rings (SSSR count). The van der Waals surface area contributed by atoms with Gasteiger partial charge in [0.25, 0.3) is 0 Å². The number of aliphatic hydroxyl groups excluding tert-OH is 2. The summed E-state index contributed by atoms with van der Waals surface area (Å²) in [5.41, 5.74) is 17.2. The minimum atomic E-state index is -5.42. The second-order valence-electron chi connectivity index (χ2n) is 23.9. The number of methoxy groups -OCH3 is 1. The number of aliphatic hydroxyl groups is 2. The van der Waals surface area contributed by atoms with Crippen molar-refractivity contribution in [2.75, 3.05) is 76.3 Å². The smallest absolute Gasteiger partial charge is 0.465 e. The van der Waals surface area contributed by atoms with E-state index in [1.807, 2.05) is 0 Å². The molecule has 550 valence electrons. The van der Waals surface area contributed by atoms with Crippen LogP contribution in [0.25, 0.3) is 33.5 Å². The van der Waals surface area contributed by atoms with Crippen LogP contribution < -0.4 is 17.2 Å². The van der Waals surface area contributed by atoms with Gasteiger partial charge in [-0.25, -0.2) is 58.6 Å². The largest absolute Gasteiger partial charge is 0.472 e. The summed E-state index contributed by atoms with van der Waals surface area (Å²) in [6.45, 7) is -11.1. The highest BCUT2D eigenvalue weighted by molar-refractivity contribution is 8.54. The maximum absolute atomic E-state index is 14.3. The van der Waals surface area contributed by atoms with Crippen LogP contribution in [0, 0.1) is 0 Å². The number of unbranched alkanes of at least 4 members (excludes halogenated alkanes) is 14. The molecule has 4 aliphatic heterocycles. The summed E-state index contributed by atoms with van der Waals surface area (Å²) in [6, 6.07) is 0. The van der Waals surface area contributed by atoms with Crippen LogP contribution in [0.5, 0.6) is 0 Å². The number of imidazole rings is 3. The van der Waals surface area contributed by atoms with Crippen LogP contribution in [-0.4, -0.2) is 208 Å². The zero-order valence-corrected chi connectivity index (χ0v) is 59.5. The molecule has 4 saturated heterocycles. The average Bonchev–Trinajstić information content (AvgIpc) is 1.59. The van der Waals surface area contributed by atoms with E-state index in [2.05, 4.69) is 51.8 Å². The van der Waals surface area contributed by atoms with Crippen molar-refractivity contribution >= 4 is 109 Å². The minimum absolute atomic E-state index is 0.0302. The number of nitrogens with zero attached hydrogens (tertiary/aromatic N) is 12. The topological polar surface area (TPSA) is 519 Å². The molecular formula is C55H85N15O23P4S2. The quantitative estimate of drug-likeness (QED) is 0.0125. The number of aromatic nitrogens is 12. The van der Waals surface area contributed by atoms with Crippen molar-refractivity contribution < 1.29 is 108 Å². The predicted octanol–water partition coefficient (Wildman–Crippen LogP) is 5.75. The van der Waals surface area contributed by atoms with Crippen molar-refractivity contribution in [3.8, 4) is 0 Å². The first-order valence-corrected chi connectivity index (χ1v) is 41.2. The lowest BCUT2D eigenvalue weighted by Gasteiger charge is -2.39. The number of carbonyl (C=O) groups excluding carboxylic acids is 1. The van der Waals surface area contributed by atoms with Gasteiger partial charge < -0.3 is 79.9 Å². The first kappa shape index (κ1) is 77.1. The van der Waals surface area contributed by atoms with Gasteiger partial charge in [0.15, 0.2) is 53.1 Å². The first-order valence-electron chi connectivity index (χ1n) is 32.4. The number of phosphoric ester groups is 2. The molecule has 12 N–H and O–H groups in total. The molecule has 16 atom stereocenters. The molecule has 7 unspecified atom stereocenters. The fraction of sp³-hybridized carbons (Fsp3) is 0.709. The number of phosphoric acid groups is 2. The Labute approximate surface area is 577 Å². The average molecular weight is 1510 g/mol. The van der Waals surface area contributed by atoms with Crippen molar-refractivity contribution in [2.24, 2.45) is 0 Å². The second kappa shape index (κ2) is 34.8. The van der Waals surface area contributed by atoms with Crippen LogP contribution >= 0.6 is 40.5 Å². The number of esters is 1. The lowest BCUT2D eigenvalue weighted by Crippen LogP contribution is -2.52. The molecule has 99 heavy (non-hydrogen) atoms. The van der Waals surface area contributed by atoms with Crippen molar-refractivity contribution in [2.45, 2.75) is 189 Å². The molecule has 44 heteroatoms. The predicted molar refractivity (Wildman–Crippen MR) is 355 cm³/mol. The van der Waals surface area contributed by atoms with E-state index in [1.165, 1.54) is 117 Å². The number of rotatable bonds is 42. The first-order chi connectivity index (χ1) is 47.5. The number of anilines is 3. The molecule has 10 heterocycles. The van der Waals surface area contributed by atoms with E-state index in [9.17, 15) is 43.2 Å². The summed E-state index contributed by atoms with van der Waals surface area (Å²) >= 11 is 6.16. The monoisotopic (exact) mass is 1510 g/mol. The Kier molecular flexibility index (Phi) is 27.1. The van der Waals surface area contributed by atoms with Gasteiger partial charge >= 0.3 is 35.1 Å². The number of fused-ring (bicyclic) bond motifs is 5.